The van der Waals surface area contributed by atoms with Gasteiger partial charge in [-0.2, -0.15) is 0 Å². The fourth-order valence-corrected chi connectivity index (χ4v) is 3.17. The molecular weight excluding hydrogens is 158 g/mol. The van der Waals surface area contributed by atoms with Crippen LogP contribution in [-0.4, -0.2) is 13.1 Å². The lowest BCUT2D eigenvalue weighted by Crippen LogP contribution is -2.29. The first-order valence-electron chi connectivity index (χ1n) is 5.16. The summed E-state index contributed by atoms with van der Waals surface area (Å²) in [4.78, 5) is 0. The molecule has 1 fully saturated rings. The summed E-state index contributed by atoms with van der Waals surface area (Å²) < 4.78 is 0. The van der Waals surface area contributed by atoms with E-state index >= 15 is 0 Å². The molecule has 0 heterocycles. The van der Waals surface area contributed by atoms with Crippen LogP contribution in [0.4, 0.5) is 0 Å². The molecule has 0 aromatic heterocycles. The summed E-state index contributed by atoms with van der Waals surface area (Å²) in [6.45, 7) is 0. The third kappa shape index (κ3) is 0.910. The van der Waals surface area contributed by atoms with Crippen LogP contribution in [0.1, 0.15) is 35.8 Å². The van der Waals surface area contributed by atoms with Gasteiger partial charge in [0.25, 0.3) is 0 Å². The van der Waals surface area contributed by atoms with Gasteiger partial charge >= 0.3 is 0 Å². The molecule has 2 aliphatic carbocycles. The molecule has 0 aliphatic heterocycles. The second-order valence-electron chi connectivity index (χ2n) is 4.30. The second kappa shape index (κ2) is 2.58. The molecule has 2 bridgehead atoms. The van der Waals surface area contributed by atoms with Crippen LogP contribution < -0.4 is 5.32 Å². The Morgan fingerprint density at radius 3 is 2.69 bits per heavy atom. The standard InChI is InChI=1S/C12H15N/c1-13-12-7-8-6-11(12)10-5-3-2-4-9(8)10/h2-5,8,11-13H,6-7H2,1H3/t8-,11-,12+/m1/s1. The summed E-state index contributed by atoms with van der Waals surface area (Å²) in [7, 11) is 2.09. The zero-order valence-electron chi connectivity index (χ0n) is 7.96. The van der Waals surface area contributed by atoms with E-state index in [1.165, 1.54) is 12.8 Å². The molecule has 3 rings (SSSR count). The highest BCUT2D eigenvalue weighted by molar-refractivity contribution is 5.42. The van der Waals surface area contributed by atoms with Crippen LogP contribution in [0.5, 0.6) is 0 Å². The topological polar surface area (TPSA) is 12.0 Å². The van der Waals surface area contributed by atoms with Crippen molar-refractivity contribution in [3.8, 4) is 0 Å². The van der Waals surface area contributed by atoms with Crippen LogP contribution in [0.2, 0.25) is 0 Å². The first-order chi connectivity index (χ1) is 6.40. The van der Waals surface area contributed by atoms with Crippen molar-refractivity contribution in [1.29, 1.82) is 0 Å². The maximum atomic E-state index is 3.44. The van der Waals surface area contributed by atoms with Gasteiger partial charge in [-0.25, -0.2) is 0 Å². The molecule has 1 aromatic carbocycles. The van der Waals surface area contributed by atoms with Crippen LogP contribution in [0.15, 0.2) is 24.3 Å². The third-order valence-electron chi connectivity index (χ3n) is 3.77. The minimum absolute atomic E-state index is 0.736. The van der Waals surface area contributed by atoms with E-state index in [-0.39, 0.29) is 0 Å². The van der Waals surface area contributed by atoms with Gasteiger partial charge in [0, 0.05) is 12.0 Å². The lowest BCUT2D eigenvalue weighted by molar-refractivity contribution is 0.506. The van der Waals surface area contributed by atoms with Gasteiger partial charge < -0.3 is 5.32 Å². The van der Waals surface area contributed by atoms with Crippen LogP contribution >= 0.6 is 0 Å². The normalized spacial score (nSPS) is 35.0. The van der Waals surface area contributed by atoms with Gasteiger partial charge in [-0.05, 0) is 36.9 Å². The summed E-state index contributed by atoms with van der Waals surface area (Å²) in [6.07, 6.45) is 2.73. The van der Waals surface area contributed by atoms with Gasteiger partial charge in [-0.3, -0.25) is 0 Å². The average molecular weight is 173 g/mol. The van der Waals surface area contributed by atoms with Gasteiger partial charge in [0.2, 0.25) is 0 Å². The molecule has 1 aromatic rings. The Bertz CT molecular complexity index is 330. The Labute approximate surface area is 79.2 Å². The van der Waals surface area contributed by atoms with Crippen molar-refractivity contribution in [2.24, 2.45) is 0 Å². The Hall–Kier alpha value is -0.820. The predicted molar refractivity (Wildman–Crippen MR) is 54.0 cm³/mol. The van der Waals surface area contributed by atoms with Gasteiger partial charge in [0.15, 0.2) is 0 Å². The first-order valence-corrected chi connectivity index (χ1v) is 5.16. The maximum absolute atomic E-state index is 3.44. The zero-order chi connectivity index (χ0) is 8.84. The third-order valence-corrected chi connectivity index (χ3v) is 3.77. The molecule has 68 valence electrons. The summed E-state index contributed by atoms with van der Waals surface area (Å²) >= 11 is 0. The molecule has 3 atom stereocenters. The van der Waals surface area contributed by atoms with Crippen molar-refractivity contribution in [3.05, 3.63) is 35.4 Å². The van der Waals surface area contributed by atoms with Gasteiger partial charge in [-0.15, -0.1) is 0 Å². The Balaban J connectivity index is 2.07. The molecule has 1 saturated carbocycles. The van der Waals surface area contributed by atoms with Crippen molar-refractivity contribution in [3.63, 3.8) is 0 Å². The minimum atomic E-state index is 0.736. The van der Waals surface area contributed by atoms with E-state index < -0.39 is 0 Å². The Kier molecular flexibility index (Phi) is 1.50. The van der Waals surface area contributed by atoms with Gasteiger partial charge in [0.1, 0.15) is 0 Å². The van der Waals surface area contributed by atoms with Gasteiger partial charge in [0.05, 0.1) is 0 Å². The molecule has 1 nitrogen and oxygen atoms in total. The number of likely N-dealkylation sites (N-methyl/N-ethyl adjacent to an activating group) is 1. The molecule has 1 heteroatoms. The van der Waals surface area contributed by atoms with Crippen LogP contribution in [0, 0.1) is 0 Å². The van der Waals surface area contributed by atoms with Crippen molar-refractivity contribution in [1.82, 2.24) is 5.32 Å². The minimum Gasteiger partial charge on any atom is -0.316 e. The van der Waals surface area contributed by atoms with E-state index in [4.69, 9.17) is 0 Å². The molecule has 0 radical (unpaired) electrons. The molecule has 0 amide bonds. The number of hydrogen-bond acceptors (Lipinski definition) is 1. The zero-order valence-corrected chi connectivity index (χ0v) is 7.96. The monoisotopic (exact) mass is 173 g/mol. The van der Waals surface area contributed by atoms with E-state index in [1.54, 1.807) is 11.1 Å². The van der Waals surface area contributed by atoms with E-state index in [2.05, 4.69) is 36.6 Å². The molecule has 0 spiro atoms. The average Bonchev–Trinajstić information content (AvgIpc) is 2.75. The summed E-state index contributed by atoms with van der Waals surface area (Å²) in [5.41, 5.74) is 3.23. The molecular formula is C12H15N. The van der Waals surface area contributed by atoms with E-state index in [0.29, 0.717) is 0 Å². The molecule has 0 saturated heterocycles. The highest BCUT2D eigenvalue weighted by atomic mass is 14.9. The number of fused-ring (bicyclic) bond motifs is 5. The molecule has 1 N–H and O–H groups in total. The summed E-state index contributed by atoms with van der Waals surface area (Å²) in [5.74, 6) is 1.64. The van der Waals surface area contributed by atoms with E-state index in [0.717, 1.165) is 17.9 Å². The number of benzene rings is 1. The van der Waals surface area contributed by atoms with E-state index in [9.17, 15) is 0 Å². The van der Waals surface area contributed by atoms with Crippen molar-refractivity contribution in [2.45, 2.75) is 30.7 Å². The van der Waals surface area contributed by atoms with E-state index in [1.807, 2.05) is 0 Å². The maximum Gasteiger partial charge on any atom is 0.0139 e. The quantitative estimate of drug-likeness (QED) is 0.687. The number of hydrogen-bond donors (Lipinski definition) is 1. The van der Waals surface area contributed by atoms with Crippen LogP contribution in [-0.2, 0) is 0 Å². The fraction of sp³-hybridized carbons (Fsp3) is 0.500. The van der Waals surface area contributed by atoms with Gasteiger partial charge in [-0.1, -0.05) is 24.3 Å². The predicted octanol–water partition coefficient (Wildman–Crippen LogP) is 2.25. The van der Waals surface area contributed by atoms with Crippen LogP contribution in [0.25, 0.3) is 0 Å². The largest absolute Gasteiger partial charge is 0.316 e. The molecule has 2 aliphatic rings. The first kappa shape index (κ1) is 7.57. The number of rotatable bonds is 1. The van der Waals surface area contributed by atoms with Crippen molar-refractivity contribution < 1.29 is 0 Å². The lowest BCUT2D eigenvalue weighted by Gasteiger charge is -2.23. The molecule has 13 heavy (non-hydrogen) atoms. The highest BCUT2D eigenvalue weighted by Crippen LogP contribution is 2.52. The SMILES string of the molecule is CN[C@H]1C[C@H]2C[C@@H]1c1ccccc12. The summed E-state index contributed by atoms with van der Waals surface area (Å²) in [6, 6.07) is 9.70. The smallest absolute Gasteiger partial charge is 0.0139 e. The fourth-order valence-electron chi connectivity index (χ4n) is 3.17. The Morgan fingerprint density at radius 2 is 1.92 bits per heavy atom. The molecule has 0 unspecified atom stereocenters. The van der Waals surface area contributed by atoms with Crippen molar-refractivity contribution >= 4 is 0 Å². The number of nitrogens with one attached hydrogen (secondary N) is 1. The Morgan fingerprint density at radius 1 is 1.15 bits per heavy atom. The highest BCUT2D eigenvalue weighted by Gasteiger charge is 2.42. The second-order valence-corrected chi connectivity index (χ2v) is 4.30. The lowest BCUT2D eigenvalue weighted by atomic mass is 9.88. The van der Waals surface area contributed by atoms with Crippen LogP contribution in [0.3, 0.4) is 0 Å². The van der Waals surface area contributed by atoms with Crippen molar-refractivity contribution in [2.75, 3.05) is 7.05 Å². The summed E-state index contributed by atoms with van der Waals surface area (Å²) in [5, 5.41) is 3.44.